The van der Waals surface area contributed by atoms with E-state index in [-0.39, 0.29) is 11.9 Å². The number of rotatable bonds is 2. The van der Waals surface area contributed by atoms with Gasteiger partial charge in [-0.25, -0.2) is 0 Å². The van der Waals surface area contributed by atoms with E-state index in [4.69, 9.17) is 4.74 Å². The summed E-state index contributed by atoms with van der Waals surface area (Å²) in [6.07, 6.45) is 2.96. The lowest BCUT2D eigenvalue weighted by Gasteiger charge is -2.21. The molecule has 2 atom stereocenters. The van der Waals surface area contributed by atoms with Crippen molar-refractivity contribution in [2.75, 3.05) is 6.61 Å². The Balaban J connectivity index is 2.17. The van der Waals surface area contributed by atoms with Crippen LogP contribution in [0.4, 0.5) is 0 Å². The number of fused-ring (bicyclic) bond motifs is 1. The summed E-state index contributed by atoms with van der Waals surface area (Å²) in [4.78, 5) is 11.5. The zero-order chi connectivity index (χ0) is 13.0. The van der Waals surface area contributed by atoms with E-state index in [1.807, 2.05) is 24.3 Å². The average molecular weight is 247 g/mol. The van der Waals surface area contributed by atoms with Crippen LogP contribution in [0.5, 0.6) is 5.75 Å². The van der Waals surface area contributed by atoms with E-state index in [2.05, 4.69) is 5.32 Å². The molecule has 1 amide bonds. The minimum Gasteiger partial charge on any atom is -0.493 e. The van der Waals surface area contributed by atoms with Crippen LogP contribution in [0.25, 0.3) is 0 Å². The van der Waals surface area contributed by atoms with E-state index in [0.717, 1.165) is 5.56 Å². The van der Waals surface area contributed by atoms with E-state index >= 15 is 0 Å². The first kappa shape index (κ1) is 12.6. The average Bonchev–Trinajstić information content (AvgIpc) is 2.51. The second-order valence-corrected chi connectivity index (χ2v) is 4.23. The maximum Gasteiger partial charge on any atom is 0.243 e. The lowest BCUT2D eigenvalue weighted by atomic mass is 10.0. The number of benzene rings is 1. The van der Waals surface area contributed by atoms with Crippen LogP contribution in [0.2, 0.25) is 0 Å². The molecule has 1 aromatic rings. The summed E-state index contributed by atoms with van der Waals surface area (Å²) in [6.45, 7) is 2.26. The summed E-state index contributed by atoms with van der Waals surface area (Å²) < 4.78 is 5.56. The van der Waals surface area contributed by atoms with Crippen molar-refractivity contribution in [3.63, 3.8) is 0 Å². The maximum atomic E-state index is 11.5. The van der Waals surface area contributed by atoms with Crippen molar-refractivity contribution in [2.45, 2.75) is 25.5 Å². The van der Waals surface area contributed by atoms with Crippen LogP contribution < -0.4 is 10.1 Å². The standard InChI is InChI=1S/C14H17NO3/c1-2-5-13(16)15-11-8-9-18-12-7-4-3-6-10(12)14(11)17/h2-7,11,14,17H,8-9H2,1H3,(H,15,16)/b5-2+. The lowest BCUT2D eigenvalue weighted by Crippen LogP contribution is -2.38. The summed E-state index contributed by atoms with van der Waals surface area (Å²) in [7, 11) is 0. The monoisotopic (exact) mass is 247 g/mol. The Morgan fingerprint density at radius 3 is 3.06 bits per heavy atom. The number of aliphatic hydroxyl groups is 1. The molecule has 2 N–H and O–H groups in total. The second-order valence-electron chi connectivity index (χ2n) is 4.23. The summed E-state index contributed by atoms with van der Waals surface area (Å²) >= 11 is 0. The van der Waals surface area contributed by atoms with Gasteiger partial charge < -0.3 is 15.2 Å². The number of para-hydroxylation sites is 1. The van der Waals surface area contributed by atoms with Gasteiger partial charge >= 0.3 is 0 Å². The highest BCUT2D eigenvalue weighted by Crippen LogP contribution is 2.31. The highest BCUT2D eigenvalue weighted by molar-refractivity contribution is 5.87. The molecule has 0 aliphatic carbocycles. The third-order valence-corrected chi connectivity index (χ3v) is 2.95. The van der Waals surface area contributed by atoms with Gasteiger partial charge in [-0.05, 0) is 19.1 Å². The third kappa shape index (κ3) is 2.71. The van der Waals surface area contributed by atoms with Gasteiger partial charge in [0.15, 0.2) is 0 Å². The first-order chi connectivity index (χ1) is 8.72. The first-order valence-electron chi connectivity index (χ1n) is 6.05. The molecule has 1 aliphatic rings. The number of carbonyl (C=O) groups is 1. The Labute approximate surface area is 106 Å². The largest absolute Gasteiger partial charge is 0.493 e. The Kier molecular flexibility index (Phi) is 3.99. The van der Waals surface area contributed by atoms with Crippen LogP contribution >= 0.6 is 0 Å². The Morgan fingerprint density at radius 2 is 2.28 bits per heavy atom. The molecule has 0 fully saturated rings. The van der Waals surface area contributed by atoms with Crippen molar-refractivity contribution >= 4 is 5.91 Å². The quantitative estimate of drug-likeness (QED) is 0.780. The van der Waals surface area contributed by atoms with Crippen LogP contribution in [0, 0.1) is 0 Å². The molecular weight excluding hydrogens is 230 g/mol. The topological polar surface area (TPSA) is 58.6 Å². The van der Waals surface area contributed by atoms with Gasteiger partial charge in [0.1, 0.15) is 11.9 Å². The van der Waals surface area contributed by atoms with Gasteiger partial charge in [0, 0.05) is 12.0 Å². The molecule has 0 bridgehead atoms. The highest BCUT2D eigenvalue weighted by Gasteiger charge is 2.27. The number of ether oxygens (including phenoxy) is 1. The zero-order valence-electron chi connectivity index (χ0n) is 10.3. The van der Waals surface area contributed by atoms with Gasteiger partial charge in [0.05, 0.1) is 12.6 Å². The highest BCUT2D eigenvalue weighted by atomic mass is 16.5. The van der Waals surface area contributed by atoms with E-state index in [1.165, 1.54) is 6.08 Å². The van der Waals surface area contributed by atoms with E-state index in [9.17, 15) is 9.90 Å². The number of hydrogen-bond donors (Lipinski definition) is 2. The number of allylic oxidation sites excluding steroid dienone is 1. The summed E-state index contributed by atoms with van der Waals surface area (Å²) in [5.74, 6) is 0.494. The van der Waals surface area contributed by atoms with Crippen LogP contribution in [-0.2, 0) is 4.79 Å². The summed E-state index contributed by atoms with van der Waals surface area (Å²) in [6, 6.07) is 7.04. The molecule has 4 nitrogen and oxygen atoms in total. The fraction of sp³-hybridized carbons (Fsp3) is 0.357. The Bertz CT molecular complexity index is 456. The normalized spacial score (nSPS) is 23.0. The van der Waals surface area contributed by atoms with E-state index in [0.29, 0.717) is 18.8 Å². The Morgan fingerprint density at radius 1 is 1.50 bits per heavy atom. The summed E-state index contributed by atoms with van der Waals surface area (Å²) in [5.41, 5.74) is 0.723. The number of nitrogens with one attached hydrogen (secondary N) is 1. The van der Waals surface area contributed by atoms with Crippen LogP contribution in [-0.4, -0.2) is 23.7 Å². The van der Waals surface area contributed by atoms with Gasteiger partial charge in [-0.1, -0.05) is 24.3 Å². The molecule has 0 saturated heterocycles. The second kappa shape index (κ2) is 5.69. The minimum atomic E-state index is -0.738. The minimum absolute atomic E-state index is 0.194. The molecule has 4 heteroatoms. The van der Waals surface area contributed by atoms with Gasteiger partial charge in [-0.2, -0.15) is 0 Å². The molecule has 96 valence electrons. The summed E-state index contributed by atoms with van der Waals surface area (Å²) in [5, 5.41) is 13.1. The molecule has 2 unspecified atom stereocenters. The van der Waals surface area contributed by atoms with Crippen molar-refractivity contribution < 1.29 is 14.6 Å². The molecule has 18 heavy (non-hydrogen) atoms. The molecule has 0 aromatic heterocycles. The van der Waals surface area contributed by atoms with E-state index in [1.54, 1.807) is 13.0 Å². The number of amides is 1. The van der Waals surface area contributed by atoms with Crippen molar-refractivity contribution in [2.24, 2.45) is 0 Å². The van der Waals surface area contributed by atoms with Crippen molar-refractivity contribution in [3.8, 4) is 5.75 Å². The molecule has 0 radical (unpaired) electrons. The predicted octanol–water partition coefficient (Wildman–Crippen LogP) is 1.56. The lowest BCUT2D eigenvalue weighted by molar-refractivity contribution is -0.118. The molecule has 1 aliphatic heterocycles. The van der Waals surface area contributed by atoms with Gasteiger partial charge in [-0.3, -0.25) is 4.79 Å². The molecule has 1 heterocycles. The number of hydrogen-bond acceptors (Lipinski definition) is 3. The fourth-order valence-corrected chi connectivity index (χ4v) is 2.06. The predicted molar refractivity (Wildman–Crippen MR) is 68.3 cm³/mol. The smallest absolute Gasteiger partial charge is 0.243 e. The van der Waals surface area contributed by atoms with Gasteiger partial charge in [-0.15, -0.1) is 0 Å². The van der Waals surface area contributed by atoms with Crippen LogP contribution in [0.15, 0.2) is 36.4 Å². The molecule has 0 spiro atoms. The van der Waals surface area contributed by atoms with Gasteiger partial charge in [0.25, 0.3) is 0 Å². The third-order valence-electron chi connectivity index (χ3n) is 2.95. The van der Waals surface area contributed by atoms with Crippen molar-refractivity contribution in [1.29, 1.82) is 0 Å². The number of carbonyl (C=O) groups excluding carboxylic acids is 1. The maximum absolute atomic E-state index is 11.5. The van der Waals surface area contributed by atoms with Crippen molar-refractivity contribution in [3.05, 3.63) is 42.0 Å². The molecule has 0 saturated carbocycles. The van der Waals surface area contributed by atoms with Crippen LogP contribution in [0.1, 0.15) is 25.0 Å². The zero-order valence-corrected chi connectivity index (χ0v) is 10.3. The van der Waals surface area contributed by atoms with Gasteiger partial charge in [0.2, 0.25) is 5.91 Å². The van der Waals surface area contributed by atoms with Crippen molar-refractivity contribution in [1.82, 2.24) is 5.32 Å². The molecule has 1 aromatic carbocycles. The molecular formula is C14H17NO3. The first-order valence-corrected chi connectivity index (χ1v) is 6.05. The van der Waals surface area contributed by atoms with Crippen LogP contribution in [0.3, 0.4) is 0 Å². The number of aliphatic hydroxyl groups excluding tert-OH is 1. The van der Waals surface area contributed by atoms with E-state index < -0.39 is 6.10 Å². The fourth-order valence-electron chi connectivity index (χ4n) is 2.06. The molecule has 2 rings (SSSR count). The Hall–Kier alpha value is -1.81. The SMILES string of the molecule is C/C=C/C(=O)NC1CCOc2ccccc2C1O.